The van der Waals surface area contributed by atoms with Crippen LogP contribution in [0, 0.1) is 6.92 Å². The lowest BCUT2D eigenvalue weighted by Crippen LogP contribution is -1.95. The third-order valence-corrected chi connectivity index (χ3v) is 3.07. The Labute approximate surface area is 103 Å². The van der Waals surface area contributed by atoms with E-state index in [-0.39, 0.29) is 0 Å². The highest BCUT2D eigenvalue weighted by Gasteiger charge is 2.06. The average Bonchev–Trinajstić information content (AvgIpc) is 2.35. The number of methoxy groups -OCH3 is 1. The van der Waals surface area contributed by atoms with Gasteiger partial charge in [-0.3, -0.25) is 0 Å². The van der Waals surface area contributed by atoms with E-state index in [0.29, 0.717) is 0 Å². The first-order valence-electron chi connectivity index (χ1n) is 6.19. The highest BCUT2D eigenvalue weighted by Crippen LogP contribution is 2.26. The van der Waals surface area contributed by atoms with Gasteiger partial charge in [-0.1, -0.05) is 25.5 Å². The first-order chi connectivity index (χ1) is 8.26. The molecule has 0 bridgehead atoms. The Morgan fingerprint density at radius 1 is 1.29 bits per heavy atom. The Balaban J connectivity index is 2.53. The van der Waals surface area contributed by atoms with Crippen LogP contribution in [0.5, 0.6) is 5.75 Å². The van der Waals surface area contributed by atoms with E-state index in [4.69, 9.17) is 9.72 Å². The van der Waals surface area contributed by atoms with Crippen LogP contribution in [0.1, 0.15) is 31.0 Å². The quantitative estimate of drug-likeness (QED) is 0.793. The number of aryl methyl sites for hydroxylation is 2. The lowest BCUT2D eigenvalue weighted by molar-refractivity contribution is 0.419. The van der Waals surface area contributed by atoms with Crippen molar-refractivity contribution in [1.29, 1.82) is 0 Å². The maximum atomic E-state index is 5.38. The zero-order valence-corrected chi connectivity index (χ0v) is 10.8. The number of hydrogen-bond acceptors (Lipinski definition) is 2. The molecular weight excluding hydrogens is 210 g/mol. The second-order valence-corrected chi connectivity index (χ2v) is 4.39. The van der Waals surface area contributed by atoms with Crippen LogP contribution < -0.4 is 4.74 Å². The highest BCUT2D eigenvalue weighted by molar-refractivity contribution is 5.87. The molecule has 0 aliphatic heterocycles. The minimum absolute atomic E-state index is 0.865. The standard InChI is InChI=1S/C15H19NO/c1-4-5-7-12-10-11(2)13-8-6-9-14(17-3)15(13)16-12/h6,8-10H,4-5,7H2,1-3H3. The first kappa shape index (κ1) is 11.9. The molecule has 0 saturated carbocycles. The first-order valence-corrected chi connectivity index (χ1v) is 6.19. The molecule has 17 heavy (non-hydrogen) atoms. The van der Waals surface area contributed by atoms with Crippen molar-refractivity contribution in [3.8, 4) is 5.75 Å². The van der Waals surface area contributed by atoms with Gasteiger partial charge in [-0.05, 0) is 37.5 Å². The van der Waals surface area contributed by atoms with E-state index in [9.17, 15) is 0 Å². The topological polar surface area (TPSA) is 22.1 Å². The number of hydrogen-bond donors (Lipinski definition) is 0. The number of para-hydroxylation sites is 1. The van der Waals surface area contributed by atoms with Crippen molar-refractivity contribution in [2.45, 2.75) is 33.1 Å². The van der Waals surface area contributed by atoms with E-state index >= 15 is 0 Å². The maximum absolute atomic E-state index is 5.38. The molecule has 2 aromatic rings. The fourth-order valence-electron chi connectivity index (χ4n) is 2.11. The summed E-state index contributed by atoms with van der Waals surface area (Å²) in [6.45, 7) is 4.34. The summed E-state index contributed by atoms with van der Waals surface area (Å²) in [4.78, 5) is 4.72. The van der Waals surface area contributed by atoms with Crippen molar-refractivity contribution in [2.24, 2.45) is 0 Å². The SMILES string of the molecule is CCCCc1cc(C)c2cccc(OC)c2n1. The van der Waals surface area contributed by atoms with E-state index in [1.807, 2.05) is 12.1 Å². The van der Waals surface area contributed by atoms with Gasteiger partial charge in [0, 0.05) is 11.1 Å². The van der Waals surface area contributed by atoms with Gasteiger partial charge >= 0.3 is 0 Å². The summed E-state index contributed by atoms with van der Waals surface area (Å²) < 4.78 is 5.38. The van der Waals surface area contributed by atoms with Crippen LogP contribution in [0.4, 0.5) is 0 Å². The monoisotopic (exact) mass is 229 g/mol. The van der Waals surface area contributed by atoms with Crippen molar-refractivity contribution in [3.63, 3.8) is 0 Å². The van der Waals surface area contributed by atoms with Crippen LogP contribution in [0.15, 0.2) is 24.3 Å². The Bertz CT molecular complexity index is 520. The van der Waals surface area contributed by atoms with Gasteiger partial charge in [-0.15, -0.1) is 0 Å². The zero-order valence-electron chi connectivity index (χ0n) is 10.8. The van der Waals surface area contributed by atoms with Gasteiger partial charge < -0.3 is 4.74 Å². The number of rotatable bonds is 4. The molecule has 2 nitrogen and oxygen atoms in total. The second-order valence-electron chi connectivity index (χ2n) is 4.39. The predicted molar refractivity (Wildman–Crippen MR) is 71.6 cm³/mol. The van der Waals surface area contributed by atoms with E-state index < -0.39 is 0 Å². The summed E-state index contributed by atoms with van der Waals surface area (Å²) in [5.74, 6) is 0.865. The number of benzene rings is 1. The van der Waals surface area contributed by atoms with Crippen molar-refractivity contribution >= 4 is 10.9 Å². The predicted octanol–water partition coefficient (Wildman–Crippen LogP) is 3.89. The molecule has 0 spiro atoms. The fraction of sp³-hybridized carbons (Fsp3) is 0.400. The Morgan fingerprint density at radius 2 is 2.12 bits per heavy atom. The summed E-state index contributed by atoms with van der Waals surface area (Å²) in [5, 5.41) is 1.18. The molecule has 2 heteroatoms. The van der Waals surface area contributed by atoms with Gasteiger partial charge in [0.1, 0.15) is 11.3 Å². The second kappa shape index (κ2) is 5.17. The number of ether oxygens (including phenoxy) is 1. The Hall–Kier alpha value is -1.57. The number of fused-ring (bicyclic) bond motifs is 1. The molecule has 0 aliphatic carbocycles. The molecule has 0 fully saturated rings. The van der Waals surface area contributed by atoms with Gasteiger partial charge in [0.2, 0.25) is 0 Å². The molecule has 0 unspecified atom stereocenters. The van der Waals surface area contributed by atoms with Crippen LogP contribution in [-0.4, -0.2) is 12.1 Å². The molecule has 1 heterocycles. The molecule has 0 amide bonds. The van der Waals surface area contributed by atoms with Crippen LogP contribution in [0.3, 0.4) is 0 Å². The van der Waals surface area contributed by atoms with E-state index in [1.54, 1.807) is 7.11 Å². The number of unbranched alkanes of at least 4 members (excludes halogenated alkanes) is 1. The highest BCUT2D eigenvalue weighted by atomic mass is 16.5. The molecule has 0 N–H and O–H groups in total. The average molecular weight is 229 g/mol. The van der Waals surface area contributed by atoms with Crippen molar-refractivity contribution in [2.75, 3.05) is 7.11 Å². The van der Waals surface area contributed by atoms with Crippen molar-refractivity contribution in [3.05, 3.63) is 35.5 Å². The van der Waals surface area contributed by atoms with Crippen LogP contribution in [-0.2, 0) is 6.42 Å². The smallest absolute Gasteiger partial charge is 0.145 e. The lowest BCUT2D eigenvalue weighted by Gasteiger charge is -2.09. The number of aromatic nitrogens is 1. The summed E-state index contributed by atoms with van der Waals surface area (Å²) in [6.07, 6.45) is 3.43. The largest absolute Gasteiger partial charge is 0.494 e. The molecule has 1 aromatic carbocycles. The van der Waals surface area contributed by atoms with Gasteiger partial charge in [0.05, 0.1) is 7.11 Å². The van der Waals surface area contributed by atoms with Crippen LogP contribution in [0.2, 0.25) is 0 Å². The van der Waals surface area contributed by atoms with Crippen molar-refractivity contribution in [1.82, 2.24) is 4.98 Å². The molecule has 2 rings (SSSR count). The third kappa shape index (κ3) is 2.41. The normalized spacial score (nSPS) is 10.8. The minimum atomic E-state index is 0.865. The van der Waals surface area contributed by atoms with Gasteiger partial charge in [-0.25, -0.2) is 4.98 Å². The number of pyridine rings is 1. The third-order valence-electron chi connectivity index (χ3n) is 3.07. The summed E-state index contributed by atoms with van der Waals surface area (Å²) in [5.41, 5.74) is 3.43. The fourth-order valence-corrected chi connectivity index (χ4v) is 2.11. The molecule has 90 valence electrons. The number of nitrogens with zero attached hydrogens (tertiary/aromatic N) is 1. The summed E-state index contributed by atoms with van der Waals surface area (Å²) >= 11 is 0. The molecule has 0 radical (unpaired) electrons. The molecule has 0 aliphatic rings. The molecule has 1 aromatic heterocycles. The van der Waals surface area contributed by atoms with Gasteiger partial charge in [-0.2, -0.15) is 0 Å². The van der Waals surface area contributed by atoms with Gasteiger partial charge in [0.15, 0.2) is 0 Å². The van der Waals surface area contributed by atoms with E-state index in [0.717, 1.165) is 17.7 Å². The molecule has 0 saturated heterocycles. The lowest BCUT2D eigenvalue weighted by atomic mass is 10.1. The van der Waals surface area contributed by atoms with Crippen LogP contribution >= 0.6 is 0 Å². The molecule has 0 atom stereocenters. The van der Waals surface area contributed by atoms with E-state index in [2.05, 4.69) is 26.0 Å². The summed E-state index contributed by atoms with van der Waals surface area (Å²) in [6, 6.07) is 8.28. The van der Waals surface area contributed by atoms with E-state index in [1.165, 1.54) is 29.5 Å². The van der Waals surface area contributed by atoms with Crippen LogP contribution in [0.25, 0.3) is 10.9 Å². The Morgan fingerprint density at radius 3 is 2.82 bits per heavy atom. The van der Waals surface area contributed by atoms with Crippen molar-refractivity contribution < 1.29 is 4.74 Å². The molecular formula is C15H19NO. The maximum Gasteiger partial charge on any atom is 0.145 e. The van der Waals surface area contributed by atoms with Gasteiger partial charge in [0.25, 0.3) is 0 Å². The zero-order chi connectivity index (χ0) is 12.3. The summed E-state index contributed by atoms with van der Waals surface area (Å²) in [7, 11) is 1.70. The minimum Gasteiger partial charge on any atom is -0.494 e. The Kier molecular flexibility index (Phi) is 3.62.